The van der Waals surface area contributed by atoms with E-state index in [0.29, 0.717) is 6.54 Å². The maximum atomic E-state index is 5.37. The van der Waals surface area contributed by atoms with Gasteiger partial charge in [-0.15, -0.1) is 6.58 Å². The normalized spacial score (nSPS) is 9.94. The Morgan fingerprint density at radius 3 is 2.17 bits per heavy atom. The molecule has 0 unspecified atom stereocenters. The van der Waals surface area contributed by atoms with Crippen LogP contribution in [-0.4, -0.2) is 27.9 Å². The zero-order valence-corrected chi connectivity index (χ0v) is 11.3. The summed E-state index contributed by atoms with van der Waals surface area (Å²) in [5.74, 6) is 2.24. The van der Waals surface area contributed by atoms with Crippen LogP contribution in [0.4, 0.5) is 0 Å². The average Bonchev–Trinajstić information content (AvgIpc) is 2.42. The Bertz CT molecular complexity index is 366. The molecule has 0 aromatic heterocycles. The van der Waals surface area contributed by atoms with Crippen LogP contribution in [0, 0.1) is 0 Å². The molecule has 0 bridgehead atoms. The second-order valence-corrected chi connectivity index (χ2v) is 3.76. The van der Waals surface area contributed by atoms with Crippen molar-refractivity contribution in [2.45, 2.75) is 13.0 Å². The second kappa shape index (κ2) is 7.61. The van der Waals surface area contributed by atoms with Crippen LogP contribution in [0.5, 0.6) is 17.2 Å². The highest BCUT2D eigenvalue weighted by Crippen LogP contribution is 2.33. The lowest BCUT2D eigenvalue weighted by atomic mass is 10.1. The van der Waals surface area contributed by atoms with Crippen molar-refractivity contribution in [2.75, 3.05) is 27.9 Å². The van der Waals surface area contributed by atoms with Gasteiger partial charge < -0.3 is 19.5 Å². The summed E-state index contributed by atoms with van der Waals surface area (Å²) >= 11 is 0. The Hall–Kier alpha value is -1.68. The first-order valence-electron chi connectivity index (χ1n) is 5.87. The molecule has 1 aromatic rings. The van der Waals surface area contributed by atoms with Crippen LogP contribution < -0.4 is 19.5 Å². The highest BCUT2D eigenvalue weighted by atomic mass is 16.5. The Morgan fingerprint density at radius 2 is 1.72 bits per heavy atom. The number of nitrogens with one attached hydrogen (secondary N) is 1. The molecule has 1 rings (SSSR count). The fraction of sp³-hybridized carbons (Fsp3) is 0.429. The highest BCUT2D eigenvalue weighted by Gasteiger charge is 2.12. The topological polar surface area (TPSA) is 39.7 Å². The Labute approximate surface area is 109 Å². The fourth-order valence-electron chi connectivity index (χ4n) is 1.67. The van der Waals surface area contributed by atoms with Crippen LogP contribution in [-0.2, 0) is 6.54 Å². The second-order valence-electron chi connectivity index (χ2n) is 3.76. The van der Waals surface area contributed by atoms with Gasteiger partial charge in [0, 0.05) is 18.7 Å². The van der Waals surface area contributed by atoms with E-state index in [9.17, 15) is 0 Å². The minimum absolute atomic E-state index is 0.685. The molecular weight excluding hydrogens is 230 g/mol. The number of hydrogen-bond donors (Lipinski definition) is 1. The minimum Gasteiger partial charge on any atom is -0.496 e. The molecule has 0 saturated heterocycles. The molecule has 1 N–H and O–H groups in total. The number of ether oxygens (including phenoxy) is 3. The highest BCUT2D eigenvalue weighted by molar-refractivity contribution is 5.50. The molecule has 0 fully saturated rings. The van der Waals surface area contributed by atoms with Crippen molar-refractivity contribution >= 4 is 0 Å². The molecule has 0 radical (unpaired) electrons. The summed E-state index contributed by atoms with van der Waals surface area (Å²) in [5, 5.41) is 3.32. The standard InChI is InChI=1S/C14H21NO3/c1-5-6-7-15-10-12-13(17-3)8-11(16-2)9-14(12)18-4/h5,8-9,15H,1,6-7,10H2,2-4H3. The van der Waals surface area contributed by atoms with Gasteiger partial charge in [0.15, 0.2) is 0 Å². The molecule has 0 spiro atoms. The van der Waals surface area contributed by atoms with E-state index in [0.717, 1.165) is 35.8 Å². The molecule has 0 heterocycles. The SMILES string of the molecule is C=CCCNCc1c(OC)cc(OC)cc1OC. The van der Waals surface area contributed by atoms with Crippen LogP contribution in [0.2, 0.25) is 0 Å². The van der Waals surface area contributed by atoms with Gasteiger partial charge in [-0.3, -0.25) is 0 Å². The molecule has 18 heavy (non-hydrogen) atoms. The third kappa shape index (κ3) is 3.67. The van der Waals surface area contributed by atoms with Crippen LogP contribution in [0.25, 0.3) is 0 Å². The summed E-state index contributed by atoms with van der Waals surface area (Å²) in [7, 11) is 4.90. The van der Waals surface area contributed by atoms with Crippen molar-refractivity contribution < 1.29 is 14.2 Å². The van der Waals surface area contributed by atoms with E-state index >= 15 is 0 Å². The van der Waals surface area contributed by atoms with Crippen molar-refractivity contribution in [3.63, 3.8) is 0 Å². The Morgan fingerprint density at radius 1 is 1.11 bits per heavy atom. The summed E-state index contributed by atoms with van der Waals surface area (Å²) in [5.41, 5.74) is 0.991. The fourth-order valence-corrected chi connectivity index (χ4v) is 1.67. The first kappa shape index (κ1) is 14.4. The predicted octanol–water partition coefficient (Wildman–Crippen LogP) is 2.38. The van der Waals surface area contributed by atoms with E-state index in [1.165, 1.54) is 0 Å². The third-order valence-electron chi connectivity index (χ3n) is 2.64. The van der Waals surface area contributed by atoms with Gasteiger partial charge in [0.1, 0.15) is 17.2 Å². The predicted molar refractivity (Wildman–Crippen MR) is 72.6 cm³/mol. The lowest BCUT2D eigenvalue weighted by molar-refractivity contribution is 0.366. The van der Waals surface area contributed by atoms with Gasteiger partial charge in [0.25, 0.3) is 0 Å². The summed E-state index contributed by atoms with van der Waals surface area (Å²) in [6, 6.07) is 3.71. The molecular formula is C14H21NO3. The van der Waals surface area contributed by atoms with E-state index in [1.54, 1.807) is 21.3 Å². The summed E-state index contributed by atoms with van der Waals surface area (Å²) in [6.45, 7) is 5.25. The van der Waals surface area contributed by atoms with Crippen molar-refractivity contribution in [3.8, 4) is 17.2 Å². The van der Waals surface area contributed by atoms with Crippen molar-refractivity contribution in [3.05, 3.63) is 30.4 Å². The maximum Gasteiger partial charge on any atom is 0.130 e. The zero-order valence-electron chi connectivity index (χ0n) is 11.3. The van der Waals surface area contributed by atoms with Gasteiger partial charge in [-0.05, 0) is 13.0 Å². The van der Waals surface area contributed by atoms with Crippen LogP contribution in [0.3, 0.4) is 0 Å². The molecule has 0 amide bonds. The van der Waals surface area contributed by atoms with Crippen LogP contribution in [0.15, 0.2) is 24.8 Å². The Kier molecular flexibility index (Phi) is 6.08. The first-order valence-corrected chi connectivity index (χ1v) is 5.87. The quantitative estimate of drug-likeness (QED) is 0.569. The number of benzene rings is 1. The van der Waals surface area contributed by atoms with Gasteiger partial charge in [0.05, 0.1) is 26.9 Å². The molecule has 0 atom stereocenters. The lowest BCUT2D eigenvalue weighted by Crippen LogP contribution is -2.15. The minimum atomic E-state index is 0.685. The van der Waals surface area contributed by atoms with E-state index < -0.39 is 0 Å². The molecule has 0 aliphatic carbocycles. The summed E-state index contributed by atoms with van der Waals surface area (Å²) in [4.78, 5) is 0. The molecule has 4 heteroatoms. The maximum absolute atomic E-state index is 5.37. The zero-order chi connectivity index (χ0) is 13.4. The monoisotopic (exact) mass is 251 g/mol. The van der Waals surface area contributed by atoms with Crippen molar-refractivity contribution in [2.24, 2.45) is 0 Å². The van der Waals surface area contributed by atoms with E-state index in [-0.39, 0.29) is 0 Å². The van der Waals surface area contributed by atoms with Gasteiger partial charge in [-0.2, -0.15) is 0 Å². The molecule has 4 nitrogen and oxygen atoms in total. The molecule has 0 aliphatic rings. The Balaban J connectivity index is 2.88. The number of rotatable bonds is 8. The van der Waals surface area contributed by atoms with Gasteiger partial charge in [-0.1, -0.05) is 6.08 Å². The summed E-state index contributed by atoms with van der Waals surface area (Å²) in [6.07, 6.45) is 2.82. The molecule has 0 aliphatic heterocycles. The molecule has 100 valence electrons. The van der Waals surface area contributed by atoms with E-state index in [4.69, 9.17) is 14.2 Å². The van der Waals surface area contributed by atoms with Crippen LogP contribution in [0.1, 0.15) is 12.0 Å². The smallest absolute Gasteiger partial charge is 0.130 e. The van der Waals surface area contributed by atoms with E-state index in [1.807, 2.05) is 18.2 Å². The van der Waals surface area contributed by atoms with Crippen LogP contribution >= 0.6 is 0 Å². The first-order chi connectivity index (χ1) is 8.76. The van der Waals surface area contributed by atoms with Crippen molar-refractivity contribution in [1.82, 2.24) is 5.32 Å². The van der Waals surface area contributed by atoms with Gasteiger partial charge >= 0.3 is 0 Å². The number of hydrogen-bond acceptors (Lipinski definition) is 4. The summed E-state index contributed by atoms with van der Waals surface area (Å²) < 4.78 is 15.9. The van der Waals surface area contributed by atoms with E-state index in [2.05, 4.69) is 11.9 Å². The largest absolute Gasteiger partial charge is 0.496 e. The number of methoxy groups -OCH3 is 3. The molecule has 0 saturated carbocycles. The van der Waals surface area contributed by atoms with Gasteiger partial charge in [-0.25, -0.2) is 0 Å². The van der Waals surface area contributed by atoms with Gasteiger partial charge in [0.2, 0.25) is 0 Å². The molecule has 1 aromatic carbocycles. The lowest BCUT2D eigenvalue weighted by Gasteiger charge is -2.15. The van der Waals surface area contributed by atoms with Crippen molar-refractivity contribution in [1.29, 1.82) is 0 Å². The average molecular weight is 251 g/mol. The third-order valence-corrected chi connectivity index (χ3v) is 2.64.